The summed E-state index contributed by atoms with van der Waals surface area (Å²) in [6, 6.07) is 16.7. The number of urea groups is 1. The van der Waals surface area contributed by atoms with Crippen LogP contribution in [0.1, 0.15) is 11.1 Å². The zero-order valence-electron chi connectivity index (χ0n) is 10.6. The van der Waals surface area contributed by atoms with Crippen LogP contribution in [0.3, 0.4) is 0 Å². The quantitative estimate of drug-likeness (QED) is 0.640. The average Bonchev–Trinajstić information content (AvgIpc) is 2.42. The molecule has 2 rings (SSSR count). The Bertz CT molecular complexity index is 579. The molecule has 0 aliphatic heterocycles. The molecule has 2 N–H and O–H groups in total. The lowest BCUT2D eigenvalue weighted by Gasteiger charge is -2.03. The number of para-hydroxylation sites is 1. The first-order chi connectivity index (χ1) is 9.25. The van der Waals surface area contributed by atoms with Crippen molar-refractivity contribution < 1.29 is 4.79 Å². The molecular weight excluding hydrogens is 238 g/mol. The molecule has 0 bridgehead atoms. The van der Waals surface area contributed by atoms with Crippen molar-refractivity contribution in [2.24, 2.45) is 5.10 Å². The molecule has 2 amide bonds. The summed E-state index contributed by atoms with van der Waals surface area (Å²) in [7, 11) is 0. The molecule has 0 unspecified atom stereocenters. The van der Waals surface area contributed by atoms with Crippen LogP contribution in [0.25, 0.3) is 0 Å². The highest BCUT2D eigenvalue weighted by molar-refractivity contribution is 5.90. The van der Waals surface area contributed by atoms with Crippen LogP contribution in [0.2, 0.25) is 0 Å². The third-order valence-corrected chi connectivity index (χ3v) is 2.59. The van der Waals surface area contributed by atoms with Crippen LogP contribution < -0.4 is 10.7 Å². The minimum atomic E-state index is -0.365. The first-order valence-electron chi connectivity index (χ1n) is 5.96. The molecule has 2 aromatic carbocycles. The molecule has 0 saturated carbocycles. The van der Waals surface area contributed by atoms with Crippen LogP contribution in [0.5, 0.6) is 0 Å². The molecule has 0 saturated heterocycles. The normalized spacial score (nSPS) is 10.4. The Morgan fingerprint density at radius 2 is 1.74 bits per heavy atom. The van der Waals surface area contributed by atoms with Crippen molar-refractivity contribution in [2.45, 2.75) is 6.92 Å². The second-order valence-corrected chi connectivity index (χ2v) is 4.05. The minimum Gasteiger partial charge on any atom is -0.307 e. The first kappa shape index (κ1) is 12.8. The molecule has 0 spiro atoms. The van der Waals surface area contributed by atoms with E-state index in [9.17, 15) is 4.79 Å². The van der Waals surface area contributed by atoms with Gasteiger partial charge in [-0.15, -0.1) is 0 Å². The number of hydrogen-bond acceptors (Lipinski definition) is 2. The Kier molecular flexibility index (Phi) is 4.29. The second-order valence-electron chi connectivity index (χ2n) is 4.05. The van der Waals surface area contributed by atoms with Crippen molar-refractivity contribution in [1.82, 2.24) is 5.43 Å². The number of carbonyl (C=O) groups excluding carboxylic acids is 1. The third-order valence-electron chi connectivity index (χ3n) is 2.59. The van der Waals surface area contributed by atoms with Crippen LogP contribution in [-0.4, -0.2) is 12.2 Å². The smallest absolute Gasteiger partial charge is 0.307 e. The van der Waals surface area contributed by atoms with E-state index >= 15 is 0 Å². The van der Waals surface area contributed by atoms with Crippen LogP contribution in [-0.2, 0) is 0 Å². The van der Waals surface area contributed by atoms with Gasteiger partial charge in [0.2, 0.25) is 0 Å². The topological polar surface area (TPSA) is 53.5 Å². The maximum absolute atomic E-state index is 11.6. The lowest BCUT2D eigenvalue weighted by Crippen LogP contribution is -2.24. The Labute approximate surface area is 112 Å². The van der Waals surface area contributed by atoms with Gasteiger partial charge in [-0.3, -0.25) is 0 Å². The molecule has 0 heterocycles. The van der Waals surface area contributed by atoms with Crippen LogP contribution in [0.15, 0.2) is 59.7 Å². The molecule has 0 aliphatic carbocycles. The van der Waals surface area contributed by atoms with Crippen molar-refractivity contribution in [3.63, 3.8) is 0 Å². The van der Waals surface area contributed by atoms with Gasteiger partial charge in [0.1, 0.15) is 0 Å². The molecule has 0 atom stereocenters. The van der Waals surface area contributed by atoms with Gasteiger partial charge in [0.25, 0.3) is 0 Å². The van der Waals surface area contributed by atoms with Crippen LogP contribution in [0, 0.1) is 6.92 Å². The predicted octanol–water partition coefficient (Wildman–Crippen LogP) is 3.15. The Hall–Kier alpha value is -2.62. The largest absolute Gasteiger partial charge is 0.339 e. The van der Waals surface area contributed by atoms with E-state index in [0.29, 0.717) is 0 Å². The van der Waals surface area contributed by atoms with Crippen molar-refractivity contribution >= 4 is 17.9 Å². The number of hydrogen-bond donors (Lipinski definition) is 2. The molecule has 19 heavy (non-hydrogen) atoms. The highest BCUT2D eigenvalue weighted by Gasteiger charge is 1.98. The number of anilines is 1. The highest BCUT2D eigenvalue weighted by Crippen LogP contribution is 2.04. The zero-order chi connectivity index (χ0) is 13.5. The fourth-order valence-electron chi connectivity index (χ4n) is 1.57. The molecule has 0 radical (unpaired) electrons. The van der Waals surface area contributed by atoms with Gasteiger partial charge in [0.05, 0.1) is 6.21 Å². The Balaban J connectivity index is 1.89. The summed E-state index contributed by atoms with van der Waals surface area (Å²) >= 11 is 0. The number of amides is 2. The summed E-state index contributed by atoms with van der Waals surface area (Å²) in [5, 5.41) is 6.59. The highest BCUT2D eigenvalue weighted by atomic mass is 16.2. The number of nitrogens with zero attached hydrogens (tertiary/aromatic N) is 1. The van der Waals surface area contributed by atoms with Crippen molar-refractivity contribution in [3.8, 4) is 0 Å². The SMILES string of the molecule is Cc1ccccc1C=NNC(=O)Nc1ccccc1. The number of nitrogens with one attached hydrogen (secondary N) is 2. The summed E-state index contributed by atoms with van der Waals surface area (Å²) in [6.07, 6.45) is 1.62. The fraction of sp³-hybridized carbons (Fsp3) is 0.0667. The van der Waals surface area contributed by atoms with Crippen LogP contribution >= 0.6 is 0 Å². The van der Waals surface area contributed by atoms with E-state index in [0.717, 1.165) is 16.8 Å². The molecule has 0 fully saturated rings. The van der Waals surface area contributed by atoms with Gasteiger partial charge in [-0.05, 0) is 30.2 Å². The van der Waals surface area contributed by atoms with Gasteiger partial charge in [0.15, 0.2) is 0 Å². The summed E-state index contributed by atoms with van der Waals surface area (Å²) in [5.41, 5.74) is 5.24. The lowest BCUT2D eigenvalue weighted by atomic mass is 10.1. The third kappa shape index (κ3) is 3.96. The summed E-state index contributed by atoms with van der Waals surface area (Å²) in [4.78, 5) is 11.6. The van der Waals surface area contributed by atoms with E-state index < -0.39 is 0 Å². The van der Waals surface area contributed by atoms with Crippen molar-refractivity contribution in [2.75, 3.05) is 5.32 Å². The van der Waals surface area contributed by atoms with Gasteiger partial charge < -0.3 is 5.32 Å². The number of benzene rings is 2. The molecule has 4 nitrogen and oxygen atoms in total. The van der Waals surface area contributed by atoms with Crippen molar-refractivity contribution in [3.05, 3.63) is 65.7 Å². The van der Waals surface area contributed by atoms with E-state index in [-0.39, 0.29) is 6.03 Å². The molecule has 96 valence electrons. The molecule has 0 aromatic heterocycles. The van der Waals surface area contributed by atoms with Gasteiger partial charge in [-0.2, -0.15) is 5.10 Å². The minimum absolute atomic E-state index is 0.365. The number of carbonyl (C=O) groups is 1. The summed E-state index contributed by atoms with van der Waals surface area (Å²) in [6.45, 7) is 1.99. The zero-order valence-corrected chi connectivity index (χ0v) is 10.6. The van der Waals surface area contributed by atoms with Gasteiger partial charge in [-0.1, -0.05) is 42.5 Å². The van der Waals surface area contributed by atoms with Crippen LogP contribution in [0.4, 0.5) is 10.5 Å². The second kappa shape index (κ2) is 6.35. The van der Waals surface area contributed by atoms with E-state index in [1.807, 2.05) is 61.5 Å². The first-order valence-corrected chi connectivity index (χ1v) is 5.96. The molecule has 2 aromatic rings. The Morgan fingerprint density at radius 3 is 2.47 bits per heavy atom. The fourth-order valence-corrected chi connectivity index (χ4v) is 1.57. The van der Waals surface area contributed by atoms with E-state index in [4.69, 9.17) is 0 Å². The summed E-state index contributed by atoms with van der Waals surface area (Å²) in [5.74, 6) is 0. The summed E-state index contributed by atoms with van der Waals surface area (Å²) < 4.78 is 0. The van der Waals surface area contributed by atoms with Gasteiger partial charge in [-0.25, -0.2) is 10.2 Å². The number of aryl methyl sites for hydroxylation is 1. The average molecular weight is 253 g/mol. The van der Waals surface area contributed by atoms with Gasteiger partial charge in [0, 0.05) is 5.69 Å². The Morgan fingerprint density at radius 1 is 1.05 bits per heavy atom. The lowest BCUT2D eigenvalue weighted by molar-refractivity contribution is 0.252. The maximum Gasteiger partial charge on any atom is 0.339 e. The van der Waals surface area contributed by atoms with E-state index in [1.165, 1.54) is 0 Å². The van der Waals surface area contributed by atoms with Gasteiger partial charge >= 0.3 is 6.03 Å². The monoisotopic (exact) mass is 253 g/mol. The molecule has 0 aliphatic rings. The maximum atomic E-state index is 11.6. The van der Waals surface area contributed by atoms with E-state index in [1.54, 1.807) is 6.21 Å². The number of rotatable bonds is 3. The standard InChI is InChI=1S/C15H15N3O/c1-12-7-5-6-8-13(12)11-16-18-15(19)17-14-9-3-2-4-10-14/h2-11H,1H3,(H2,17,18,19). The predicted molar refractivity (Wildman–Crippen MR) is 77.4 cm³/mol. The molecular formula is C15H15N3O. The van der Waals surface area contributed by atoms with Crippen molar-refractivity contribution in [1.29, 1.82) is 0 Å². The van der Waals surface area contributed by atoms with E-state index in [2.05, 4.69) is 15.8 Å². The number of hydrazone groups is 1. The molecule has 4 heteroatoms.